The zero-order chi connectivity index (χ0) is 15.0. The van der Waals surface area contributed by atoms with Gasteiger partial charge in [-0.3, -0.25) is 4.79 Å². The molecule has 0 radical (unpaired) electrons. The number of hydrogen-bond acceptors (Lipinski definition) is 2. The summed E-state index contributed by atoms with van der Waals surface area (Å²) >= 11 is 0. The van der Waals surface area contributed by atoms with E-state index in [9.17, 15) is 4.79 Å². The van der Waals surface area contributed by atoms with Crippen molar-refractivity contribution in [3.63, 3.8) is 0 Å². The van der Waals surface area contributed by atoms with Crippen LogP contribution in [0, 0.1) is 11.8 Å². The van der Waals surface area contributed by atoms with Crippen LogP contribution in [0.3, 0.4) is 0 Å². The molecule has 1 rings (SSSR count). The average molecular weight is 275 g/mol. The molecule has 0 spiro atoms. The first-order valence-electron chi connectivity index (χ1n) is 7.90. The molecule has 112 valence electrons. The van der Waals surface area contributed by atoms with Crippen LogP contribution in [0.15, 0.2) is 24.3 Å². The number of Topliss-reactive ketones (excluding diaryl/α,β-unsaturated/α-hetero) is 1. The first-order valence-corrected chi connectivity index (χ1v) is 7.90. The van der Waals surface area contributed by atoms with E-state index in [1.54, 1.807) is 0 Å². The number of nitrogens with two attached hydrogens (primary N) is 1. The van der Waals surface area contributed by atoms with Crippen LogP contribution >= 0.6 is 0 Å². The number of rotatable bonds is 9. The molecule has 0 saturated heterocycles. The summed E-state index contributed by atoms with van der Waals surface area (Å²) < 4.78 is 0. The van der Waals surface area contributed by atoms with Crippen LogP contribution < -0.4 is 5.73 Å². The highest BCUT2D eigenvalue weighted by molar-refractivity contribution is 5.96. The standard InChI is InChI=1S/C18H29NO/c1-4-6-15-7-5-8-17(13-15)18(20)10-9-16(11-12-19)14(2)3/h5,7-8,13-14,16H,4,6,9-12,19H2,1-3H3. The van der Waals surface area contributed by atoms with Gasteiger partial charge >= 0.3 is 0 Å². The molecule has 0 saturated carbocycles. The fraction of sp³-hybridized carbons (Fsp3) is 0.611. The Bertz CT molecular complexity index is 412. The molecule has 0 aliphatic rings. The third kappa shape index (κ3) is 5.46. The Morgan fingerprint density at radius 2 is 2.00 bits per heavy atom. The zero-order valence-corrected chi connectivity index (χ0v) is 13.2. The van der Waals surface area contributed by atoms with Crippen LogP contribution in [-0.4, -0.2) is 12.3 Å². The predicted octanol–water partition coefficient (Wildman–Crippen LogP) is 4.22. The molecule has 2 nitrogen and oxygen atoms in total. The minimum atomic E-state index is 0.269. The second-order valence-electron chi connectivity index (χ2n) is 5.99. The lowest BCUT2D eigenvalue weighted by molar-refractivity contribution is 0.0969. The summed E-state index contributed by atoms with van der Waals surface area (Å²) in [5.74, 6) is 1.42. The third-order valence-electron chi connectivity index (χ3n) is 4.01. The van der Waals surface area contributed by atoms with Crippen LogP contribution in [-0.2, 0) is 6.42 Å². The lowest BCUT2D eigenvalue weighted by Gasteiger charge is -2.19. The number of ketones is 1. The fourth-order valence-electron chi connectivity index (χ4n) is 2.67. The van der Waals surface area contributed by atoms with E-state index in [1.165, 1.54) is 5.56 Å². The molecule has 0 amide bonds. The molecule has 1 unspecified atom stereocenters. The molecule has 0 aliphatic carbocycles. The van der Waals surface area contributed by atoms with E-state index in [2.05, 4.69) is 32.9 Å². The van der Waals surface area contributed by atoms with Crippen molar-refractivity contribution >= 4 is 5.78 Å². The molecular weight excluding hydrogens is 246 g/mol. The molecular formula is C18H29NO. The first kappa shape index (κ1) is 16.9. The maximum Gasteiger partial charge on any atom is 0.162 e. The Morgan fingerprint density at radius 1 is 1.25 bits per heavy atom. The van der Waals surface area contributed by atoms with Gasteiger partial charge in [-0.2, -0.15) is 0 Å². The van der Waals surface area contributed by atoms with Crippen molar-refractivity contribution in [2.45, 2.75) is 52.9 Å². The van der Waals surface area contributed by atoms with E-state index in [4.69, 9.17) is 5.73 Å². The maximum absolute atomic E-state index is 12.3. The van der Waals surface area contributed by atoms with Gasteiger partial charge in [0.1, 0.15) is 0 Å². The maximum atomic E-state index is 12.3. The molecule has 1 atom stereocenters. The van der Waals surface area contributed by atoms with Gasteiger partial charge in [-0.15, -0.1) is 0 Å². The Morgan fingerprint density at radius 3 is 2.60 bits per heavy atom. The topological polar surface area (TPSA) is 43.1 Å². The second kappa shape index (κ2) is 8.91. The van der Waals surface area contributed by atoms with Gasteiger partial charge in [-0.1, -0.05) is 45.4 Å². The minimum Gasteiger partial charge on any atom is -0.330 e. The summed E-state index contributed by atoms with van der Waals surface area (Å²) in [5.41, 5.74) is 7.78. The van der Waals surface area contributed by atoms with Crippen LogP contribution in [0.25, 0.3) is 0 Å². The van der Waals surface area contributed by atoms with E-state index in [-0.39, 0.29) is 5.78 Å². The summed E-state index contributed by atoms with van der Waals surface area (Å²) in [6.07, 6.45) is 4.76. The third-order valence-corrected chi connectivity index (χ3v) is 4.01. The zero-order valence-electron chi connectivity index (χ0n) is 13.2. The van der Waals surface area contributed by atoms with Gasteiger partial charge in [0, 0.05) is 12.0 Å². The fourth-order valence-corrected chi connectivity index (χ4v) is 2.67. The molecule has 2 heteroatoms. The molecule has 1 aromatic carbocycles. The van der Waals surface area contributed by atoms with E-state index >= 15 is 0 Å². The van der Waals surface area contributed by atoms with Gasteiger partial charge in [0.2, 0.25) is 0 Å². The Labute approximate surface area is 123 Å². The molecule has 0 heterocycles. The molecule has 0 fully saturated rings. The van der Waals surface area contributed by atoms with Crippen molar-refractivity contribution in [2.24, 2.45) is 17.6 Å². The number of carbonyl (C=O) groups excluding carboxylic acids is 1. The van der Waals surface area contributed by atoms with Gasteiger partial charge in [0.15, 0.2) is 5.78 Å². The Hall–Kier alpha value is -1.15. The largest absolute Gasteiger partial charge is 0.330 e. The molecule has 1 aromatic rings. The Kier molecular flexibility index (Phi) is 7.53. The van der Waals surface area contributed by atoms with E-state index in [0.29, 0.717) is 24.8 Å². The summed E-state index contributed by atoms with van der Waals surface area (Å²) in [6.45, 7) is 7.30. The predicted molar refractivity (Wildman–Crippen MR) is 86.0 cm³/mol. The SMILES string of the molecule is CCCc1cccc(C(=O)CCC(CCN)C(C)C)c1. The highest BCUT2D eigenvalue weighted by Gasteiger charge is 2.15. The molecule has 20 heavy (non-hydrogen) atoms. The number of benzene rings is 1. The van der Waals surface area contributed by atoms with Crippen LogP contribution in [0.2, 0.25) is 0 Å². The number of aryl methyl sites for hydroxylation is 1. The molecule has 0 aliphatic heterocycles. The van der Waals surface area contributed by atoms with E-state index in [0.717, 1.165) is 31.2 Å². The highest BCUT2D eigenvalue weighted by atomic mass is 16.1. The molecule has 0 aromatic heterocycles. The van der Waals surface area contributed by atoms with Gasteiger partial charge in [-0.25, -0.2) is 0 Å². The lowest BCUT2D eigenvalue weighted by Crippen LogP contribution is -2.16. The number of hydrogen-bond donors (Lipinski definition) is 1. The minimum absolute atomic E-state index is 0.269. The van der Waals surface area contributed by atoms with Crippen LogP contribution in [0.5, 0.6) is 0 Å². The van der Waals surface area contributed by atoms with Crippen molar-refractivity contribution in [2.75, 3.05) is 6.54 Å². The summed E-state index contributed by atoms with van der Waals surface area (Å²) in [4.78, 5) is 12.3. The van der Waals surface area contributed by atoms with E-state index < -0.39 is 0 Å². The first-order chi connectivity index (χ1) is 9.58. The van der Waals surface area contributed by atoms with Crippen molar-refractivity contribution < 1.29 is 4.79 Å². The normalized spacial score (nSPS) is 12.7. The summed E-state index contributed by atoms with van der Waals surface area (Å²) in [5, 5.41) is 0. The monoisotopic (exact) mass is 275 g/mol. The molecule has 2 N–H and O–H groups in total. The van der Waals surface area contributed by atoms with Crippen molar-refractivity contribution in [1.29, 1.82) is 0 Å². The summed E-state index contributed by atoms with van der Waals surface area (Å²) in [7, 11) is 0. The van der Waals surface area contributed by atoms with Gasteiger partial charge in [0.25, 0.3) is 0 Å². The quantitative estimate of drug-likeness (QED) is 0.686. The van der Waals surface area contributed by atoms with Gasteiger partial charge in [0.05, 0.1) is 0 Å². The average Bonchev–Trinajstić information content (AvgIpc) is 2.43. The van der Waals surface area contributed by atoms with Crippen molar-refractivity contribution in [3.05, 3.63) is 35.4 Å². The second-order valence-corrected chi connectivity index (χ2v) is 5.99. The van der Waals surface area contributed by atoms with Crippen molar-refractivity contribution in [3.8, 4) is 0 Å². The van der Waals surface area contributed by atoms with Crippen LogP contribution in [0.1, 0.15) is 62.4 Å². The number of carbonyl (C=O) groups is 1. The molecule has 0 bridgehead atoms. The van der Waals surface area contributed by atoms with E-state index in [1.807, 2.05) is 12.1 Å². The lowest BCUT2D eigenvalue weighted by atomic mass is 9.87. The highest BCUT2D eigenvalue weighted by Crippen LogP contribution is 2.22. The van der Waals surface area contributed by atoms with Crippen LogP contribution in [0.4, 0.5) is 0 Å². The smallest absolute Gasteiger partial charge is 0.162 e. The van der Waals surface area contributed by atoms with Crippen molar-refractivity contribution in [1.82, 2.24) is 0 Å². The summed E-state index contributed by atoms with van der Waals surface area (Å²) in [6, 6.07) is 8.09. The Balaban J connectivity index is 2.59. The van der Waals surface area contributed by atoms with Gasteiger partial charge < -0.3 is 5.73 Å². The van der Waals surface area contributed by atoms with Gasteiger partial charge in [-0.05, 0) is 49.3 Å².